The first-order chi connectivity index (χ1) is 10.5. The maximum Gasteiger partial charge on any atom is 0.249 e. The van der Waals surface area contributed by atoms with E-state index in [1.165, 1.54) is 83.5 Å². The number of rotatable bonds is 16. The highest BCUT2D eigenvalue weighted by atomic mass is 79.9. The Morgan fingerprint density at radius 2 is 1.05 bits per heavy atom. The van der Waals surface area contributed by atoms with Gasteiger partial charge in [0.15, 0.2) is 3.23 Å². The van der Waals surface area contributed by atoms with Crippen LogP contribution >= 0.6 is 43.5 Å². The van der Waals surface area contributed by atoms with Crippen LogP contribution in [0.25, 0.3) is 0 Å². The molecule has 1 nitrogen and oxygen atoms in total. The van der Waals surface area contributed by atoms with Crippen LogP contribution in [-0.4, -0.2) is 8.48 Å². The second kappa shape index (κ2) is 15.4. The van der Waals surface area contributed by atoms with E-state index in [0.29, 0.717) is 0 Å². The molecule has 0 fully saturated rings. The monoisotopic (exact) mass is 458 g/mol. The van der Waals surface area contributed by atoms with Gasteiger partial charge in [-0.05, 0) is 18.0 Å². The Hall–Kier alpha value is 0.920. The van der Waals surface area contributed by atoms with Crippen LogP contribution in [-0.2, 0) is 4.79 Å². The number of carbonyl (C=O) groups excluding carboxylic acids is 1. The Kier molecular flexibility index (Phi) is 16.1. The van der Waals surface area contributed by atoms with E-state index in [1.807, 2.05) is 0 Å². The lowest BCUT2D eigenvalue weighted by Gasteiger charge is -2.14. The highest BCUT2D eigenvalue weighted by Gasteiger charge is 2.29. The molecule has 0 N–H and O–H groups in total. The molecular weight excluding hydrogens is 427 g/mol. The average molecular weight is 461 g/mol. The van der Waals surface area contributed by atoms with Crippen molar-refractivity contribution in [1.29, 1.82) is 0 Å². The predicted octanol–water partition coefficient (Wildman–Crippen LogP) is 8.11. The highest BCUT2D eigenvalue weighted by molar-refractivity contribution is 9.26. The lowest BCUT2D eigenvalue weighted by Crippen LogP contribution is -2.19. The number of hydrogen-bond acceptors (Lipinski definition) is 1. The number of hydrogen-bond donors (Lipinski definition) is 0. The summed E-state index contributed by atoms with van der Waals surface area (Å²) in [7, 11) is 0. The summed E-state index contributed by atoms with van der Waals surface area (Å²) in [5, 5.41) is -0.359. The van der Waals surface area contributed by atoms with Crippen molar-refractivity contribution in [1.82, 2.24) is 0 Å². The first kappa shape index (κ1) is 22.9. The largest absolute Gasteiger partial charge is 0.279 e. The molecule has 0 aliphatic carbocycles. The van der Waals surface area contributed by atoms with Gasteiger partial charge in [0, 0.05) is 0 Å². The number of carbonyl (C=O) groups is 1. The summed E-state index contributed by atoms with van der Waals surface area (Å²) in [6, 6.07) is 0. The zero-order valence-corrected chi connectivity index (χ0v) is 18.1. The molecule has 22 heavy (non-hydrogen) atoms. The molecule has 0 aromatic rings. The number of unbranched alkanes of at least 4 members (excludes halogenated alkanes) is 13. The van der Waals surface area contributed by atoms with Gasteiger partial charge in [-0.3, -0.25) is 4.79 Å². The second-order valence-electron chi connectivity index (χ2n) is 6.32. The van der Waals surface area contributed by atoms with Crippen molar-refractivity contribution in [3.8, 4) is 0 Å². The maximum absolute atomic E-state index is 11.1. The molecule has 0 aliphatic rings. The molecule has 0 aromatic heterocycles. The summed E-state index contributed by atoms with van der Waals surface area (Å²) >= 11 is 12.1. The lowest BCUT2D eigenvalue weighted by atomic mass is 10.0. The summed E-state index contributed by atoms with van der Waals surface area (Å²) in [6.07, 6.45) is 19.6. The van der Waals surface area contributed by atoms with Gasteiger partial charge in [-0.1, -0.05) is 129 Å². The van der Waals surface area contributed by atoms with E-state index >= 15 is 0 Å². The third kappa shape index (κ3) is 14.5. The smallest absolute Gasteiger partial charge is 0.249 e. The van der Waals surface area contributed by atoms with E-state index < -0.39 is 3.23 Å². The van der Waals surface area contributed by atoms with Gasteiger partial charge in [-0.2, -0.15) is 0 Å². The van der Waals surface area contributed by atoms with Crippen molar-refractivity contribution in [2.75, 3.05) is 0 Å². The zero-order valence-electron chi connectivity index (χ0n) is 14.1. The molecule has 0 spiro atoms. The van der Waals surface area contributed by atoms with Gasteiger partial charge in [-0.25, -0.2) is 0 Å². The van der Waals surface area contributed by atoms with Crippen LogP contribution in [0.5, 0.6) is 0 Å². The average Bonchev–Trinajstić information content (AvgIpc) is 2.47. The van der Waals surface area contributed by atoms with Gasteiger partial charge >= 0.3 is 0 Å². The fraction of sp³-hybridized carbons (Fsp3) is 0.944. The van der Waals surface area contributed by atoms with E-state index in [0.717, 1.165) is 12.8 Å². The maximum atomic E-state index is 11.1. The van der Waals surface area contributed by atoms with Crippen molar-refractivity contribution >= 4 is 48.7 Å². The van der Waals surface area contributed by atoms with Crippen LogP contribution in [0.15, 0.2) is 0 Å². The molecule has 0 aromatic carbocycles. The van der Waals surface area contributed by atoms with Crippen molar-refractivity contribution in [3.05, 3.63) is 0 Å². The first-order valence-corrected chi connectivity index (χ1v) is 11.0. The second-order valence-corrected chi connectivity index (χ2v) is 10.4. The van der Waals surface area contributed by atoms with Crippen LogP contribution in [0.2, 0.25) is 0 Å². The van der Waals surface area contributed by atoms with Crippen LogP contribution < -0.4 is 0 Å². The van der Waals surface area contributed by atoms with Crippen LogP contribution in [0.4, 0.5) is 0 Å². The molecule has 0 rings (SSSR count). The molecular formula is C18H33Br2ClO. The van der Waals surface area contributed by atoms with Crippen molar-refractivity contribution in [2.45, 2.75) is 106 Å². The molecule has 0 saturated carbocycles. The molecule has 4 heteroatoms. The molecule has 0 saturated heterocycles. The Bertz CT molecular complexity index is 270. The molecule has 0 atom stereocenters. The van der Waals surface area contributed by atoms with Gasteiger partial charge in [0.05, 0.1) is 0 Å². The fourth-order valence-electron chi connectivity index (χ4n) is 2.64. The number of alkyl halides is 2. The van der Waals surface area contributed by atoms with Crippen molar-refractivity contribution < 1.29 is 4.79 Å². The highest BCUT2D eigenvalue weighted by Crippen LogP contribution is 2.34. The minimum Gasteiger partial charge on any atom is -0.279 e. The quantitative estimate of drug-likeness (QED) is 0.129. The Balaban J connectivity index is 3.16. The first-order valence-electron chi connectivity index (χ1n) is 9.08. The third-order valence-electron chi connectivity index (χ3n) is 4.13. The summed E-state index contributed by atoms with van der Waals surface area (Å²) in [6.45, 7) is 2.27. The van der Waals surface area contributed by atoms with Crippen molar-refractivity contribution in [2.24, 2.45) is 0 Å². The molecule has 0 radical (unpaired) electrons. The molecule has 0 amide bonds. The third-order valence-corrected chi connectivity index (χ3v) is 6.42. The minimum absolute atomic E-state index is 0.359. The predicted molar refractivity (Wildman–Crippen MR) is 106 cm³/mol. The minimum atomic E-state index is -0.710. The van der Waals surface area contributed by atoms with Gasteiger partial charge in [0.1, 0.15) is 0 Å². The fourth-order valence-corrected chi connectivity index (χ4v) is 3.30. The van der Waals surface area contributed by atoms with Crippen LogP contribution in [0, 0.1) is 0 Å². The summed E-state index contributed by atoms with van der Waals surface area (Å²) in [5.74, 6) is 0. The number of halogens is 3. The van der Waals surface area contributed by atoms with Crippen molar-refractivity contribution in [3.63, 3.8) is 0 Å². The van der Waals surface area contributed by atoms with E-state index in [2.05, 4.69) is 38.8 Å². The van der Waals surface area contributed by atoms with Gasteiger partial charge < -0.3 is 0 Å². The standard InChI is InChI=1S/C18H33Br2ClO/c1-2-3-4-5-6-7-8-9-10-11-12-13-14-15-16-18(19,20)17(21)22/h2-16H2,1H3. The molecule has 0 heterocycles. The Morgan fingerprint density at radius 3 is 1.36 bits per heavy atom. The zero-order chi connectivity index (χ0) is 16.7. The summed E-state index contributed by atoms with van der Waals surface area (Å²) < 4.78 is -0.710. The van der Waals surface area contributed by atoms with Gasteiger partial charge in [-0.15, -0.1) is 0 Å². The van der Waals surface area contributed by atoms with Crippen LogP contribution in [0.1, 0.15) is 103 Å². The lowest BCUT2D eigenvalue weighted by molar-refractivity contribution is -0.111. The van der Waals surface area contributed by atoms with E-state index in [-0.39, 0.29) is 5.24 Å². The van der Waals surface area contributed by atoms with Gasteiger partial charge in [0.2, 0.25) is 5.24 Å². The Morgan fingerprint density at radius 1 is 0.727 bits per heavy atom. The van der Waals surface area contributed by atoms with E-state index in [1.54, 1.807) is 0 Å². The molecule has 132 valence electrons. The normalized spacial score (nSPS) is 11.8. The Labute approximate surface area is 159 Å². The summed E-state index contributed by atoms with van der Waals surface area (Å²) in [4.78, 5) is 11.1. The van der Waals surface area contributed by atoms with E-state index in [4.69, 9.17) is 11.6 Å². The van der Waals surface area contributed by atoms with Crippen LogP contribution in [0.3, 0.4) is 0 Å². The molecule has 0 aliphatic heterocycles. The van der Waals surface area contributed by atoms with E-state index in [9.17, 15) is 4.79 Å². The topological polar surface area (TPSA) is 17.1 Å². The van der Waals surface area contributed by atoms with Gasteiger partial charge in [0.25, 0.3) is 0 Å². The molecule has 0 unspecified atom stereocenters. The SMILES string of the molecule is CCCCCCCCCCCCCCCCC(Br)(Br)C(=O)Cl. The summed E-state index contributed by atoms with van der Waals surface area (Å²) in [5.41, 5.74) is 0. The molecule has 0 bridgehead atoms.